The Balaban J connectivity index is 1.39. The van der Waals surface area contributed by atoms with Gasteiger partial charge < -0.3 is 14.1 Å². The molecular weight excluding hydrogens is 386 g/mol. The Morgan fingerprint density at radius 3 is 2.97 bits per heavy atom. The van der Waals surface area contributed by atoms with E-state index in [-0.39, 0.29) is 18.1 Å². The Kier molecular flexibility index (Phi) is 4.58. The number of para-hydroxylation sites is 1. The first-order valence-corrected chi connectivity index (χ1v) is 9.69. The molecule has 1 aliphatic rings. The Morgan fingerprint density at radius 1 is 1.20 bits per heavy atom. The average Bonchev–Trinajstić information content (AvgIpc) is 3.47. The zero-order chi connectivity index (χ0) is 20.5. The molecule has 0 saturated carbocycles. The molecule has 1 fully saturated rings. The van der Waals surface area contributed by atoms with Gasteiger partial charge in [0.25, 0.3) is 11.6 Å². The maximum atomic E-state index is 13.4. The lowest BCUT2D eigenvalue weighted by atomic mass is 9.99. The van der Waals surface area contributed by atoms with Gasteiger partial charge in [-0.3, -0.25) is 4.79 Å². The van der Waals surface area contributed by atoms with E-state index in [4.69, 9.17) is 9.15 Å². The fourth-order valence-corrected chi connectivity index (χ4v) is 3.74. The van der Waals surface area contributed by atoms with Crippen molar-refractivity contribution in [2.45, 2.75) is 31.9 Å². The Hall–Kier alpha value is -3.82. The Labute approximate surface area is 171 Å². The fraction of sp³-hybridized carbons (Fsp3) is 0.300. The first kappa shape index (κ1) is 18.2. The molecule has 4 aromatic rings. The molecule has 0 unspecified atom stereocenters. The molecule has 152 valence electrons. The minimum Gasteiger partial charge on any atom is -0.486 e. The van der Waals surface area contributed by atoms with E-state index in [9.17, 15) is 4.79 Å². The first-order valence-electron chi connectivity index (χ1n) is 9.69. The zero-order valence-electron chi connectivity index (χ0n) is 16.3. The third-order valence-corrected chi connectivity index (χ3v) is 5.29. The molecule has 1 aromatic carbocycles. The number of pyridine rings is 1. The predicted octanol–water partition coefficient (Wildman–Crippen LogP) is 2.27. The smallest absolute Gasteiger partial charge is 0.256 e. The maximum Gasteiger partial charge on any atom is 0.256 e. The van der Waals surface area contributed by atoms with Gasteiger partial charge in [0, 0.05) is 18.3 Å². The summed E-state index contributed by atoms with van der Waals surface area (Å²) in [4.78, 5) is 24.9. The van der Waals surface area contributed by atoms with Crippen molar-refractivity contribution in [3.8, 4) is 11.4 Å². The molecule has 10 nitrogen and oxygen atoms in total. The fourth-order valence-electron chi connectivity index (χ4n) is 3.74. The van der Waals surface area contributed by atoms with Crippen LogP contribution < -0.4 is 4.74 Å². The van der Waals surface area contributed by atoms with Crippen LogP contribution in [0.1, 0.15) is 30.1 Å². The minimum absolute atomic E-state index is 0.0821. The van der Waals surface area contributed by atoms with Gasteiger partial charge in [-0.05, 0) is 37.1 Å². The molecule has 0 aliphatic carbocycles. The van der Waals surface area contributed by atoms with Gasteiger partial charge >= 0.3 is 0 Å². The van der Waals surface area contributed by atoms with E-state index in [0.717, 1.165) is 12.8 Å². The van der Waals surface area contributed by atoms with Crippen LogP contribution in [0.25, 0.3) is 16.9 Å². The number of aromatic nitrogens is 6. The number of tetrazole rings is 1. The van der Waals surface area contributed by atoms with Crippen LogP contribution in [0, 0.1) is 0 Å². The van der Waals surface area contributed by atoms with Crippen molar-refractivity contribution >= 4 is 17.1 Å². The number of carbonyl (C=O) groups excluding carboxylic acids is 1. The lowest BCUT2D eigenvalue weighted by Gasteiger charge is -2.38. The highest BCUT2D eigenvalue weighted by Crippen LogP contribution is 2.28. The van der Waals surface area contributed by atoms with E-state index in [1.807, 2.05) is 24.0 Å². The second-order valence-corrected chi connectivity index (χ2v) is 7.18. The molecule has 5 rings (SSSR count). The molecule has 1 aliphatic heterocycles. The predicted molar refractivity (Wildman–Crippen MR) is 105 cm³/mol. The van der Waals surface area contributed by atoms with Crippen molar-refractivity contribution in [2.24, 2.45) is 0 Å². The van der Waals surface area contributed by atoms with Crippen LogP contribution >= 0.6 is 0 Å². The van der Waals surface area contributed by atoms with E-state index in [0.29, 0.717) is 34.8 Å². The van der Waals surface area contributed by atoms with Crippen molar-refractivity contribution in [3.05, 3.63) is 54.8 Å². The summed E-state index contributed by atoms with van der Waals surface area (Å²) in [5.41, 5.74) is 2.12. The summed E-state index contributed by atoms with van der Waals surface area (Å²) in [5.74, 6) is 0.512. The van der Waals surface area contributed by atoms with Crippen LogP contribution in [0.3, 0.4) is 0 Å². The molecule has 0 N–H and O–H groups in total. The number of oxazole rings is 1. The number of hydrogen-bond acceptors (Lipinski definition) is 8. The van der Waals surface area contributed by atoms with Gasteiger partial charge in [-0.2, -0.15) is 0 Å². The summed E-state index contributed by atoms with van der Waals surface area (Å²) >= 11 is 0. The quantitative estimate of drug-likeness (QED) is 0.508. The number of benzene rings is 1. The van der Waals surface area contributed by atoms with E-state index < -0.39 is 0 Å². The lowest BCUT2D eigenvalue weighted by molar-refractivity contribution is 0.0387. The lowest BCUT2D eigenvalue weighted by Crippen LogP contribution is -2.49. The van der Waals surface area contributed by atoms with Crippen molar-refractivity contribution < 1.29 is 13.9 Å². The molecule has 10 heteroatoms. The van der Waals surface area contributed by atoms with E-state index >= 15 is 0 Å². The van der Waals surface area contributed by atoms with Crippen LogP contribution in [0.4, 0.5) is 0 Å². The molecule has 0 radical (unpaired) electrons. The van der Waals surface area contributed by atoms with Crippen molar-refractivity contribution in [1.29, 1.82) is 0 Å². The van der Waals surface area contributed by atoms with Crippen LogP contribution in [-0.4, -0.2) is 59.7 Å². The number of ether oxygens (including phenoxy) is 1. The second kappa shape index (κ2) is 7.54. The van der Waals surface area contributed by atoms with Gasteiger partial charge in [0.15, 0.2) is 24.0 Å². The van der Waals surface area contributed by atoms with E-state index in [1.54, 1.807) is 24.4 Å². The van der Waals surface area contributed by atoms with Gasteiger partial charge in [0.1, 0.15) is 11.8 Å². The van der Waals surface area contributed by atoms with Crippen LogP contribution in [0.5, 0.6) is 5.75 Å². The highest BCUT2D eigenvalue weighted by Gasteiger charge is 2.32. The third-order valence-electron chi connectivity index (χ3n) is 5.29. The minimum atomic E-state index is -0.163. The average molecular weight is 405 g/mol. The van der Waals surface area contributed by atoms with Crippen LogP contribution in [0.2, 0.25) is 0 Å². The van der Waals surface area contributed by atoms with Gasteiger partial charge in [0.05, 0.1) is 12.1 Å². The SMILES string of the molecule is C[C@@H]1CC[C@@H](Oc2ccnc3ocnc23)CN1C(=O)c1ccccc1-n1ncnn1. The summed E-state index contributed by atoms with van der Waals surface area (Å²) in [6.07, 6.45) is 5.81. The Morgan fingerprint density at radius 2 is 2.10 bits per heavy atom. The number of likely N-dealkylation sites (tertiary alicyclic amines) is 1. The topological polar surface area (TPSA) is 112 Å². The van der Waals surface area contributed by atoms with E-state index in [1.165, 1.54) is 17.5 Å². The largest absolute Gasteiger partial charge is 0.486 e. The number of amides is 1. The molecule has 30 heavy (non-hydrogen) atoms. The number of fused-ring (bicyclic) bond motifs is 1. The molecule has 3 aromatic heterocycles. The van der Waals surface area contributed by atoms with Crippen molar-refractivity contribution in [1.82, 2.24) is 35.1 Å². The van der Waals surface area contributed by atoms with Gasteiger partial charge in [-0.1, -0.05) is 12.1 Å². The third kappa shape index (κ3) is 3.25. The Bertz CT molecular complexity index is 1170. The summed E-state index contributed by atoms with van der Waals surface area (Å²) in [7, 11) is 0. The normalized spacial score (nSPS) is 19.2. The first-order chi connectivity index (χ1) is 14.7. The van der Waals surface area contributed by atoms with Crippen LogP contribution in [-0.2, 0) is 0 Å². The standard InChI is InChI=1S/C20H19N7O3/c1-13-6-7-14(30-17-8-9-21-19-18(17)22-12-29-19)10-26(13)20(28)15-4-2-3-5-16(15)27-24-11-23-25-27/h2-5,8-9,11-14H,6-7,10H2,1H3/t13-,14-/m1/s1. The number of piperidine rings is 1. The molecule has 0 bridgehead atoms. The number of nitrogens with zero attached hydrogens (tertiary/aromatic N) is 7. The summed E-state index contributed by atoms with van der Waals surface area (Å²) in [5, 5.41) is 11.7. The number of rotatable bonds is 4. The van der Waals surface area contributed by atoms with Crippen molar-refractivity contribution in [2.75, 3.05) is 6.54 Å². The molecular formula is C20H19N7O3. The summed E-state index contributed by atoms with van der Waals surface area (Å²) in [6, 6.07) is 9.09. The maximum absolute atomic E-state index is 13.4. The van der Waals surface area contributed by atoms with Gasteiger partial charge in [0.2, 0.25) is 0 Å². The summed E-state index contributed by atoms with van der Waals surface area (Å²) < 4.78 is 11.4. The number of hydrogen-bond donors (Lipinski definition) is 0. The van der Waals surface area contributed by atoms with E-state index in [2.05, 4.69) is 25.4 Å². The zero-order valence-corrected chi connectivity index (χ0v) is 16.3. The highest BCUT2D eigenvalue weighted by atomic mass is 16.5. The molecule has 0 spiro atoms. The molecule has 1 saturated heterocycles. The molecule has 4 heterocycles. The second-order valence-electron chi connectivity index (χ2n) is 7.18. The monoisotopic (exact) mass is 405 g/mol. The van der Waals surface area contributed by atoms with Crippen LogP contribution in [0.15, 0.2) is 53.7 Å². The van der Waals surface area contributed by atoms with Gasteiger partial charge in [-0.15, -0.1) is 15.0 Å². The highest BCUT2D eigenvalue weighted by molar-refractivity contribution is 5.98. The number of carbonyl (C=O) groups is 1. The summed E-state index contributed by atoms with van der Waals surface area (Å²) in [6.45, 7) is 2.51. The van der Waals surface area contributed by atoms with Gasteiger partial charge in [-0.25, -0.2) is 9.97 Å². The molecule has 1 amide bonds. The van der Waals surface area contributed by atoms with Crippen molar-refractivity contribution in [3.63, 3.8) is 0 Å². The molecule has 2 atom stereocenters.